The first-order valence-corrected chi connectivity index (χ1v) is 13.0. The fraction of sp³-hybridized carbons (Fsp3) is 0.182. The molecule has 0 radical (unpaired) electrons. The fourth-order valence-electron chi connectivity index (χ4n) is 3.43. The van der Waals surface area contributed by atoms with Gasteiger partial charge in [0.2, 0.25) is 10.0 Å². The maximum absolute atomic E-state index is 14.9. The van der Waals surface area contributed by atoms with Crippen LogP contribution in [-0.4, -0.2) is 29.5 Å². The van der Waals surface area contributed by atoms with Crippen LogP contribution in [0.3, 0.4) is 0 Å². The molecule has 2 N–H and O–H groups in total. The van der Waals surface area contributed by atoms with Crippen molar-refractivity contribution in [1.82, 2.24) is 0 Å². The Balaban J connectivity index is 1.64. The number of halogens is 3. The van der Waals surface area contributed by atoms with Gasteiger partial charge >= 0.3 is 0 Å². The van der Waals surface area contributed by atoms with Gasteiger partial charge < -0.3 is 9.87 Å². The van der Waals surface area contributed by atoms with E-state index in [4.69, 9.17) is 0 Å². The van der Waals surface area contributed by atoms with Crippen LogP contribution in [0.1, 0.15) is 12.8 Å². The number of hydrogen-bond donors (Lipinski definition) is 2. The topological polar surface area (TPSA) is 102 Å². The van der Waals surface area contributed by atoms with Crippen molar-refractivity contribution in [3.05, 3.63) is 72.0 Å². The van der Waals surface area contributed by atoms with Crippen molar-refractivity contribution < 1.29 is 30.4 Å². The molecule has 1 atom stereocenters. The first kappa shape index (κ1) is 24.0. The predicted molar refractivity (Wildman–Crippen MR) is 124 cm³/mol. The Labute approximate surface area is 197 Å². The van der Waals surface area contributed by atoms with Crippen molar-refractivity contribution in [3.63, 3.8) is 0 Å². The lowest BCUT2D eigenvalue weighted by Crippen LogP contribution is -2.28. The third-order valence-electron chi connectivity index (χ3n) is 5.10. The molecule has 0 aromatic heterocycles. The van der Waals surface area contributed by atoms with E-state index in [1.54, 1.807) is 12.1 Å². The van der Waals surface area contributed by atoms with Gasteiger partial charge in [-0.3, -0.25) is 13.2 Å². The molecule has 0 bridgehead atoms. The first-order valence-electron chi connectivity index (χ1n) is 10.0. The van der Waals surface area contributed by atoms with E-state index in [0.717, 1.165) is 22.7 Å². The van der Waals surface area contributed by atoms with Crippen molar-refractivity contribution >= 4 is 44.0 Å². The highest BCUT2D eigenvalue weighted by Gasteiger charge is 2.33. The quantitative estimate of drug-likeness (QED) is 0.430. The Morgan fingerprint density at radius 2 is 1.62 bits per heavy atom. The second-order valence-electron chi connectivity index (χ2n) is 7.80. The van der Waals surface area contributed by atoms with Gasteiger partial charge in [0.15, 0.2) is 11.6 Å². The summed E-state index contributed by atoms with van der Waals surface area (Å²) in [6, 6.07) is 11.8. The average Bonchev–Trinajstić information content (AvgIpc) is 3.58. The zero-order valence-corrected chi connectivity index (χ0v) is 19.4. The van der Waals surface area contributed by atoms with Crippen molar-refractivity contribution in [2.45, 2.75) is 18.9 Å². The molecule has 0 aliphatic heterocycles. The van der Waals surface area contributed by atoms with E-state index in [1.807, 2.05) is 0 Å². The molecule has 12 heteroatoms. The van der Waals surface area contributed by atoms with E-state index < -0.39 is 44.4 Å². The van der Waals surface area contributed by atoms with E-state index in [1.165, 1.54) is 30.3 Å². The smallest absolute Gasteiger partial charge is 0.229 e. The van der Waals surface area contributed by atoms with Gasteiger partial charge in [-0.05, 0) is 60.4 Å². The molecule has 0 saturated heterocycles. The molecule has 34 heavy (non-hydrogen) atoms. The Bertz CT molecular complexity index is 1360. The van der Waals surface area contributed by atoms with Gasteiger partial charge in [-0.2, -0.15) is 0 Å². The van der Waals surface area contributed by atoms with Crippen LogP contribution in [0.2, 0.25) is 0 Å². The Hall–Kier alpha value is -3.09. The molecular weight excluding hydrogens is 491 g/mol. The summed E-state index contributed by atoms with van der Waals surface area (Å²) in [4.78, 5) is 0. The molecule has 4 rings (SSSR count). The molecule has 0 heterocycles. The second-order valence-corrected chi connectivity index (χ2v) is 10.4. The van der Waals surface area contributed by atoms with Crippen LogP contribution in [0, 0.1) is 17.5 Å². The standard InChI is InChI=1S/C22H20F3N3O4S2/c1-34(31,32)27-15-5-2-13(3-6-15)14-4-10-19(18(24)12-14)26-22-20(11-9-17(23)21(22)25)28(33(29)30)16-7-8-16/h2-6,9-12,16,26-27H,7-8H2,1H3,(H,29,30)/p-1. The molecule has 0 amide bonds. The highest BCUT2D eigenvalue weighted by molar-refractivity contribution is 7.92. The summed E-state index contributed by atoms with van der Waals surface area (Å²) in [5.74, 6) is -3.32. The third-order valence-corrected chi connectivity index (χ3v) is 6.52. The number of hydrogen-bond acceptors (Lipinski definition) is 5. The number of nitrogens with one attached hydrogen (secondary N) is 2. The molecule has 7 nitrogen and oxygen atoms in total. The van der Waals surface area contributed by atoms with E-state index in [9.17, 15) is 30.4 Å². The van der Waals surface area contributed by atoms with Gasteiger partial charge in [-0.1, -0.05) is 18.2 Å². The minimum Gasteiger partial charge on any atom is -0.755 e. The number of benzene rings is 3. The number of rotatable bonds is 8. The molecular formula is C22H19F3N3O4S2-. The highest BCUT2D eigenvalue weighted by Crippen LogP contribution is 2.40. The van der Waals surface area contributed by atoms with Crippen LogP contribution < -0.4 is 14.3 Å². The largest absolute Gasteiger partial charge is 0.755 e. The molecule has 1 aliphatic carbocycles. The minimum atomic E-state index is -3.44. The lowest BCUT2D eigenvalue weighted by Gasteiger charge is -2.29. The Kier molecular flexibility index (Phi) is 6.56. The van der Waals surface area contributed by atoms with Crippen molar-refractivity contribution in [1.29, 1.82) is 0 Å². The van der Waals surface area contributed by atoms with E-state index >= 15 is 0 Å². The molecule has 1 fully saturated rings. The minimum absolute atomic E-state index is 0.118. The summed E-state index contributed by atoms with van der Waals surface area (Å²) >= 11 is -2.73. The summed E-state index contributed by atoms with van der Waals surface area (Å²) in [5.41, 5.74) is 0.594. The van der Waals surface area contributed by atoms with Crippen LogP contribution in [0.25, 0.3) is 11.1 Å². The van der Waals surface area contributed by atoms with Crippen LogP contribution in [0.5, 0.6) is 0 Å². The number of nitrogens with zero attached hydrogens (tertiary/aromatic N) is 1. The van der Waals surface area contributed by atoms with E-state index in [0.29, 0.717) is 29.7 Å². The maximum Gasteiger partial charge on any atom is 0.229 e. The number of anilines is 4. The summed E-state index contributed by atoms with van der Waals surface area (Å²) in [5, 5.41) is 2.50. The zero-order valence-electron chi connectivity index (χ0n) is 17.7. The monoisotopic (exact) mass is 510 g/mol. The van der Waals surface area contributed by atoms with Gasteiger partial charge in [-0.15, -0.1) is 0 Å². The fourth-order valence-corrected chi connectivity index (χ4v) is 4.76. The van der Waals surface area contributed by atoms with Gasteiger partial charge in [0.25, 0.3) is 0 Å². The first-order chi connectivity index (χ1) is 16.0. The van der Waals surface area contributed by atoms with Crippen LogP contribution >= 0.6 is 0 Å². The third kappa shape index (κ3) is 5.34. The molecule has 0 spiro atoms. The maximum atomic E-state index is 14.9. The molecule has 1 aliphatic rings. The molecule has 3 aromatic carbocycles. The molecule has 180 valence electrons. The Morgan fingerprint density at radius 1 is 0.971 bits per heavy atom. The van der Waals surface area contributed by atoms with Crippen molar-refractivity contribution in [3.8, 4) is 11.1 Å². The summed E-state index contributed by atoms with van der Waals surface area (Å²) in [7, 11) is -3.44. The van der Waals surface area contributed by atoms with Crippen LogP contribution in [-0.2, 0) is 21.3 Å². The summed E-state index contributed by atoms with van der Waals surface area (Å²) in [6.45, 7) is 0. The van der Waals surface area contributed by atoms with E-state index in [2.05, 4.69) is 10.0 Å². The lowest BCUT2D eigenvalue weighted by atomic mass is 10.0. The van der Waals surface area contributed by atoms with Crippen molar-refractivity contribution in [2.75, 3.05) is 20.6 Å². The van der Waals surface area contributed by atoms with Gasteiger partial charge in [0, 0.05) is 23.0 Å². The average molecular weight is 511 g/mol. The summed E-state index contributed by atoms with van der Waals surface area (Å²) in [6.07, 6.45) is 2.18. The lowest BCUT2D eigenvalue weighted by molar-refractivity contribution is 0.510. The van der Waals surface area contributed by atoms with Crippen molar-refractivity contribution in [2.24, 2.45) is 0 Å². The second kappa shape index (κ2) is 9.28. The predicted octanol–water partition coefficient (Wildman–Crippen LogP) is 4.65. The van der Waals surface area contributed by atoms with Gasteiger partial charge in [0.1, 0.15) is 11.5 Å². The zero-order chi connectivity index (χ0) is 24.6. The normalized spacial score (nSPS) is 14.5. The molecule has 1 unspecified atom stereocenters. The van der Waals surface area contributed by atoms with Gasteiger partial charge in [0.05, 0.1) is 17.6 Å². The Morgan fingerprint density at radius 3 is 2.18 bits per heavy atom. The van der Waals surface area contributed by atoms with E-state index in [-0.39, 0.29) is 17.4 Å². The van der Waals surface area contributed by atoms with Crippen LogP contribution in [0.4, 0.5) is 35.9 Å². The van der Waals surface area contributed by atoms with Gasteiger partial charge in [-0.25, -0.2) is 21.6 Å². The summed E-state index contributed by atoms with van der Waals surface area (Å²) < 4.78 is 92.9. The molecule has 1 saturated carbocycles. The number of sulfonamides is 1. The highest BCUT2D eigenvalue weighted by atomic mass is 32.2. The molecule has 3 aromatic rings. The van der Waals surface area contributed by atoms with Crippen LogP contribution in [0.15, 0.2) is 54.6 Å². The SMILES string of the molecule is CS(=O)(=O)Nc1ccc(-c2ccc(Nc3c(N(C4CC4)S(=O)[O-])ccc(F)c3F)c(F)c2)cc1.